The van der Waals surface area contributed by atoms with Crippen LogP contribution in [0.1, 0.15) is 6.42 Å². The number of non-ortho nitro benzene ring substituents is 1. The van der Waals surface area contributed by atoms with Gasteiger partial charge in [-0.3, -0.25) is 10.1 Å². The van der Waals surface area contributed by atoms with Crippen LogP contribution in [0.5, 0.6) is 0 Å². The lowest BCUT2D eigenvalue weighted by Crippen LogP contribution is -1.88. The molecule has 0 aliphatic heterocycles. The summed E-state index contributed by atoms with van der Waals surface area (Å²) < 4.78 is 28.5. The predicted molar refractivity (Wildman–Crippen MR) is 77.6 cm³/mol. The average molecular weight is 329 g/mol. The summed E-state index contributed by atoms with van der Waals surface area (Å²) >= 11 is 2.46. The van der Waals surface area contributed by atoms with Crippen LogP contribution in [0.2, 0.25) is 0 Å². The van der Waals surface area contributed by atoms with E-state index in [-0.39, 0.29) is 12.1 Å². The van der Waals surface area contributed by atoms with Crippen molar-refractivity contribution in [1.82, 2.24) is 9.36 Å². The highest BCUT2D eigenvalue weighted by atomic mass is 32.2. The van der Waals surface area contributed by atoms with Crippen molar-refractivity contribution in [3.63, 3.8) is 0 Å². The number of aromatic nitrogens is 2. The molecule has 0 unspecified atom stereocenters. The van der Waals surface area contributed by atoms with E-state index in [1.807, 2.05) is 0 Å². The molecule has 2 rings (SSSR count). The highest BCUT2D eigenvalue weighted by Crippen LogP contribution is 2.27. The molecule has 5 nitrogen and oxygen atoms in total. The van der Waals surface area contributed by atoms with Gasteiger partial charge >= 0.3 is 0 Å². The first-order valence-electron chi connectivity index (χ1n) is 5.79. The number of halogens is 2. The van der Waals surface area contributed by atoms with Gasteiger partial charge in [-0.1, -0.05) is 23.9 Å². The molecule has 2 aromatic rings. The van der Waals surface area contributed by atoms with Crippen molar-refractivity contribution in [2.75, 3.05) is 5.75 Å². The molecular weight excluding hydrogens is 320 g/mol. The second-order valence-corrected chi connectivity index (χ2v) is 5.92. The molecule has 0 saturated heterocycles. The van der Waals surface area contributed by atoms with E-state index in [9.17, 15) is 18.9 Å². The monoisotopic (exact) mass is 329 g/mol. The normalized spacial score (nSPS) is 10.4. The van der Waals surface area contributed by atoms with Crippen LogP contribution in [0.25, 0.3) is 11.4 Å². The summed E-state index contributed by atoms with van der Waals surface area (Å²) in [7, 11) is 0. The van der Waals surface area contributed by atoms with Crippen molar-refractivity contribution in [3.8, 4) is 11.4 Å². The lowest BCUT2D eigenvalue weighted by atomic mass is 10.2. The second-order valence-electron chi connectivity index (χ2n) is 3.82. The van der Waals surface area contributed by atoms with Gasteiger partial charge in [0.2, 0.25) is 0 Å². The van der Waals surface area contributed by atoms with Crippen LogP contribution in [0.15, 0.2) is 40.8 Å². The Labute approximate surface area is 127 Å². The van der Waals surface area contributed by atoms with E-state index >= 15 is 0 Å². The molecule has 21 heavy (non-hydrogen) atoms. The van der Waals surface area contributed by atoms with Gasteiger partial charge in [0.25, 0.3) is 11.8 Å². The number of nitrogens with zero attached hydrogens (tertiary/aromatic N) is 3. The van der Waals surface area contributed by atoms with Crippen molar-refractivity contribution < 1.29 is 13.7 Å². The number of benzene rings is 1. The fourth-order valence-electron chi connectivity index (χ4n) is 1.46. The van der Waals surface area contributed by atoms with Crippen LogP contribution in [0.4, 0.5) is 14.5 Å². The highest BCUT2D eigenvalue weighted by molar-refractivity contribution is 8.00. The summed E-state index contributed by atoms with van der Waals surface area (Å²) in [5.41, 5.74) is 0.530. The van der Waals surface area contributed by atoms with Gasteiger partial charge in [-0.2, -0.15) is 13.2 Å². The molecule has 0 aliphatic rings. The van der Waals surface area contributed by atoms with Crippen LogP contribution in [-0.2, 0) is 0 Å². The SMILES string of the molecule is O=[N+]([O-])c1cccc(-c2nsc(SCCC=C(F)F)n2)c1. The van der Waals surface area contributed by atoms with Gasteiger partial charge in [0.05, 0.1) is 4.92 Å². The van der Waals surface area contributed by atoms with E-state index in [2.05, 4.69) is 9.36 Å². The van der Waals surface area contributed by atoms with Crippen LogP contribution in [0, 0.1) is 10.1 Å². The van der Waals surface area contributed by atoms with Gasteiger partial charge in [-0.05, 0) is 24.0 Å². The van der Waals surface area contributed by atoms with Crippen molar-refractivity contribution in [2.24, 2.45) is 0 Å². The lowest BCUT2D eigenvalue weighted by molar-refractivity contribution is -0.384. The molecule has 0 radical (unpaired) electrons. The molecule has 9 heteroatoms. The van der Waals surface area contributed by atoms with Crippen molar-refractivity contribution >= 4 is 29.0 Å². The van der Waals surface area contributed by atoms with Crippen molar-refractivity contribution in [1.29, 1.82) is 0 Å². The molecule has 0 saturated carbocycles. The molecular formula is C12H9F2N3O2S2. The maximum Gasteiger partial charge on any atom is 0.270 e. The second kappa shape index (κ2) is 7.23. The minimum Gasteiger partial charge on any atom is -0.258 e. The first-order valence-corrected chi connectivity index (χ1v) is 7.54. The van der Waals surface area contributed by atoms with Gasteiger partial charge in [0.15, 0.2) is 10.2 Å². The van der Waals surface area contributed by atoms with E-state index in [0.717, 1.165) is 17.6 Å². The zero-order valence-corrected chi connectivity index (χ0v) is 12.2. The molecule has 0 fully saturated rings. The number of hydrogen-bond donors (Lipinski definition) is 0. The maximum atomic E-state index is 11.9. The molecule has 110 valence electrons. The Morgan fingerprint density at radius 1 is 1.48 bits per heavy atom. The molecule has 1 aromatic heterocycles. The summed E-state index contributed by atoms with van der Waals surface area (Å²) in [5.74, 6) is 0.874. The molecule has 0 aliphatic carbocycles. The Bertz CT molecular complexity index is 672. The van der Waals surface area contributed by atoms with E-state index in [1.165, 1.54) is 23.9 Å². The van der Waals surface area contributed by atoms with E-state index < -0.39 is 11.0 Å². The minimum absolute atomic E-state index is 0.0277. The Morgan fingerprint density at radius 2 is 2.29 bits per heavy atom. The standard InChI is InChI=1S/C12H9F2N3O2S2/c13-10(14)5-2-6-20-12-15-11(16-21-12)8-3-1-4-9(7-8)17(18)19/h1,3-5,7H,2,6H2. The molecule has 0 amide bonds. The van der Waals surface area contributed by atoms with E-state index in [4.69, 9.17) is 0 Å². The fourth-order valence-corrected chi connectivity index (χ4v) is 3.03. The number of nitro benzene ring substituents is 1. The third-order valence-corrected chi connectivity index (χ3v) is 4.23. The predicted octanol–water partition coefficient (Wildman–Crippen LogP) is 4.38. The summed E-state index contributed by atoms with van der Waals surface area (Å²) in [6.45, 7) is 0. The average Bonchev–Trinajstić information content (AvgIpc) is 2.92. The summed E-state index contributed by atoms with van der Waals surface area (Å²) in [6, 6.07) is 6.04. The summed E-state index contributed by atoms with van der Waals surface area (Å²) in [5, 5.41) is 10.7. The Morgan fingerprint density at radius 3 is 3.00 bits per heavy atom. The van der Waals surface area contributed by atoms with Crippen LogP contribution < -0.4 is 0 Å². The van der Waals surface area contributed by atoms with Crippen LogP contribution in [0.3, 0.4) is 0 Å². The first-order chi connectivity index (χ1) is 10.1. The molecule has 0 spiro atoms. The number of allylic oxidation sites excluding steroid dienone is 1. The quantitative estimate of drug-likeness (QED) is 0.340. The van der Waals surface area contributed by atoms with Gasteiger partial charge in [-0.15, -0.1) is 0 Å². The number of nitro groups is 1. The largest absolute Gasteiger partial charge is 0.270 e. The Balaban J connectivity index is 2.04. The smallest absolute Gasteiger partial charge is 0.258 e. The Kier molecular flexibility index (Phi) is 5.34. The Hall–Kier alpha value is -1.87. The van der Waals surface area contributed by atoms with Crippen molar-refractivity contribution in [2.45, 2.75) is 10.8 Å². The third-order valence-electron chi connectivity index (χ3n) is 2.36. The summed E-state index contributed by atoms with van der Waals surface area (Å²) in [4.78, 5) is 14.5. The molecule has 1 aromatic carbocycles. The number of hydrogen-bond acceptors (Lipinski definition) is 6. The lowest BCUT2D eigenvalue weighted by Gasteiger charge is -1.95. The van der Waals surface area contributed by atoms with Gasteiger partial charge in [-0.25, -0.2) is 4.98 Å². The van der Waals surface area contributed by atoms with Gasteiger partial charge in [0, 0.05) is 23.4 Å². The zero-order valence-electron chi connectivity index (χ0n) is 10.5. The molecule has 0 N–H and O–H groups in total. The first kappa shape index (κ1) is 15.5. The minimum atomic E-state index is -1.69. The topological polar surface area (TPSA) is 68.9 Å². The fraction of sp³-hybridized carbons (Fsp3) is 0.167. The van der Waals surface area contributed by atoms with Crippen LogP contribution >= 0.6 is 23.3 Å². The molecule has 0 atom stereocenters. The van der Waals surface area contributed by atoms with Crippen molar-refractivity contribution in [3.05, 3.63) is 46.5 Å². The summed E-state index contributed by atoms with van der Waals surface area (Å²) in [6.07, 6.45) is -0.584. The molecule has 0 bridgehead atoms. The number of rotatable bonds is 6. The maximum absolute atomic E-state index is 11.9. The van der Waals surface area contributed by atoms with Crippen LogP contribution in [-0.4, -0.2) is 20.0 Å². The third kappa shape index (κ3) is 4.57. The van der Waals surface area contributed by atoms with E-state index in [0.29, 0.717) is 21.5 Å². The van der Waals surface area contributed by atoms with Gasteiger partial charge < -0.3 is 0 Å². The van der Waals surface area contributed by atoms with Gasteiger partial charge in [0.1, 0.15) is 0 Å². The highest BCUT2D eigenvalue weighted by Gasteiger charge is 2.11. The molecule has 1 heterocycles. The number of thioether (sulfide) groups is 1. The zero-order chi connectivity index (χ0) is 15.2. The van der Waals surface area contributed by atoms with E-state index in [1.54, 1.807) is 12.1 Å².